The summed E-state index contributed by atoms with van der Waals surface area (Å²) < 4.78 is 18.7. The van der Waals surface area contributed by atoms with Crippen LogP contribution in [0.5, 0.6) is 17.4 Å². The highest BCUT2D eigenvalue weighted by atomic mass is 16.5. The third-order valence-electron chi connectivity index (χ3n) is 9.41. The summed E-state index contributed by atoms with van der Waals surface area (Å²) in [6, 6.07) is 27.3. The Balaban J connectivity index is 1.01. The summed E-state index contributed by atoms with van der Waals surface area (Å²) in [5.41, 5.74) is 4.43. The number of morpholine rings is 1. The van der Waals surface area contributed by atoms with Gasteiger partial charge in [-0.05, 0) is 73.0 Å². The number of rotatable bonds is 13. The lowest BCUT2D eigenvalue weighted by atomic mass is 10.1. The summed E-state index contributed by atoms with van der Waals surface area (Å²) in [5, 5.41) is 18.5. The van der Waals surface area contributed by atoms with Crippen molar-refractivity contribution in [3.8, 4) is 23.1 Å². The van der Waals surface area contributed by atoms with Crippen molar-refractivity contribution in [1.82, 2.24) is 30.0 Å². The first-order valence-corrected chi connectivity index (χ1v) is 18.5. The molecule has 1 fully saturated rings. The second-order valence-corrected chi connectivity index (χ2v) is 13.6. The van der Waals surface area contributed by atoms with Gasteiger partial charge in [-0.25, -0.2) is 14.5 Å². The zero-order chi connectivity index (χ0) is 39.0. The van der Waals surface area contributed by atoms with E-state index in [1.807, 2.05) is 73.7 Å². The number of nitrogens with zero attached hydrogens (tertiary/aromatic N) is 5. The van der Waals surface area contributed by atoms with Crippen molar-refractivity contribution in [1.29, 1.82) is 0 Å². The molecule has 0 saturated carbocycles. The minimum Gasteiger partial charge on any atom is -0.497 e. The number of carbonyl (C=O) groups excluding carboxylic acids is 2. The van der Waals surface area contributed by atoms with Gasteiger partial charge in [-0.3, -0.25) is 15.0 Å². The van der Waals surface area contributed by atoms with Gasteiger partial charge in [0.1, 0.15) is 17.3 Å². The molecule has 3 amide bonds. The maximum absolute atomic E-state index is 13.5. The number of ether oxygens (including phenoxy) is 3. The minimum absolute atomic E-state index is 0.119. The van der Waals surface area contributed by atoms with Crippen molar-refractivity contribution >= 4 is 45.9 Å². The maximum atomic E-state index is 13.5. The average Bonchev–Trinajstić information content (AvgIpc) is 3.64. The Kier molecular flexibility index (Phi) is 11.7. The number of fused-ring (bicyclic) bond motifs is 1. The van der Waals surface area contributed by atoms with Crippen molar-refractivity contribution in [2.24, 2.45) is 0 Å². The molecule has 14 heteroatoms. The van der Waals surface area contributed by atoms with Gasteiger partial charge in [-0.15, -0.1) is 0 Å². The first kappa shape index (κ1) is 37.8. The van der Waals surface area contributed by atoms with Gasteiger partial charge < -0.3 is 30.2 Å². The quantitative estimate of drug-likeness (QED) is 0.0931. The maximum Gasteiger partial charge on any atom is 0.324 e. The van der Waals surface area contributed by atoms with Crippen molar-refractivity contribution in [2.45, 2.75) is 26.7 Å². The van der Waals surface area contributed by atoms with Crippen LogP contribution in [0.1, 0.15) is 41.4 Å². The molecule has 288 valence electrons. The van der Waals surface area contributed by atoms with Gasteiger partial charge in [-0.2, -0.15) is 10.1 Å². The molecule has 0 atom stereocenters. The molecule has 1 saturated heterocycles. The highest BCUT2D eigenvalue weighted by Gasteiger charge is 2.17. The molecule has 4 aromatic carbocycles. The highest BCUT2D eigenvalue weighted by Crippen LogP contribution is 2.35. The van der Waals surface area contributed by atoms with Gasteiger partial charge in [-0.1, -0.05) is 38.1 Å². The molecule has 0 spiro atoms. The summed E-state index contributed by atoms with van der Waals surface area (Å²) in [7, 11) is 1.62. The number of hydrogen-bond acceptors (Lipinski definition) is 10. The van der Waals surface area contributed by atoms with Crippen molar-refractivity contribution < 1.29 is 23.8 Å². The number of nitrogens with one attached hydrogen (secondary N) is 4. The molecule has 1 aliphatic heterocycles. The minimum atomic E-state index is -0.423. The molecule has 7 rings (SSSR count). The van der Waals surface area contributed by atoms with Gasteiger partial charge in [0.05, 0.1) is 37.4 Å². The molecular formula is C42H45N9O5. The lowest BCUT2D eigenvalue weighted by Gasteiger charge is -2.26. The van der Waals surface area contributed by atoms with E-state index < -0.39 is 6.03 Å². The Morgan fingerprint density at radius 1 is 0.893 bits per heavy atom. The summed E-state index contributed by atoms with van der Waals surface area (Å²) in [5.74, 6) is 2.50. The molecule has 14 nitrogen and oxygen atoms in total. The van der Waals surface area contributed by atoms with Crippen molar-refractivity contribution in [3.05, 3.63) is 114 Å². The van der Waals surface area contributed by atoms with Gasteiger partial charge in [0.25, 0.3) is 5.91 Å². The van der Waals surface area contributed by atoms with Gasteiger partial charge in [0.15, 0.2) is 0 Å². The zero-order valence-electron chi connectivity index (χ0n) is 31.8. The molecule has 1 aliphatic rings. The van der Waals surface area contributed by atoms with E-state index in [9.17, 15) is 9.59 Å². The number of amides is 3. The number of benzene rings is 4. The first-order valence-electron chi connectivity index (χ1n) is 18.5. The number of aryl methyl sites for hydroxylation is 1. The van der Waals surface area contributed by atoms with Crippen LogP contribution in [0.2, 0.25) is 0 Å². The number of urea groups is 1. The van der Waals surface area contributed by atoms with Crippen LogP contribution >= 0.6 is 0 Å². The van der Waals surface area contributed by atoms with Gasteiger partial charge >= 0.3 is 6.03 Å². The van der Waals surface area contributed by atoms with E-state index in [1.54, 1.807) is 42.3 Å². The van der Waals surface area contributed by atoms with E-state index in [0.717, 1.165) is 72.0 Å². The van der Waals surface area contributed by atoms with Crippen LogP contribution < -0.4 is 30.7 Å². The molecule has 56 heavy (non-hydrogen) atoms. The lowest BCUT2D eigenvalue weighted by molar-refractivity contribution is 0.0383. The van der Waals surface area contributed by atoms with Crippen LogP contribution in [0.15, 0.2) is 97.2 Å². The van der Waals surface area contributed by atoms with E-state index in [0.29, 0.717) is 41.2 Å². The topological polar surface area (TPSA) is 157 Å². The largest absolute Gasteiger partial charge is 0.497 e. The first-order chi connectivity index (χ1) is 27.2. The molecule has 0 radical (unpaired) electrons. The fourth-order valence-electron chi connectivity index (χ4n) is 6.32. The molecule has 6 aromatic rings. The fourth-order valence-corrected chi connectivity index (χ4v) is 6.32. The summed E-state index contributed by atoms with van der Waals surface area (Å²) in [6.07, 6.45) is 1.61. The Morgan fingerprint density at radius 3 is 2.41 bits per heavy atom. The monoisotopic (exact) mass is 755 g/mol. The predicted molar refractivity (Wildman–Crippen MR) is 217 cm³/mol. The average molecular weight is 756 g/mol. The molecule has 4 N–H and O–H groups in total. The molecular weight excluding hydrogens is 711 g/mol. The van der Waals surface area contributed by atoms with Gasteiger partial charge in [0.2, 0.25) is 11.8 Å². The number of carbonyl (C=O) groups is 2. The van der Waals surface area contributed by atoms with Crippen molar-refractivity contribution in [2.75, 3.05) is 62.5 Å². The number of methoxy groups -OCH3 is 1. The molecule has 0 bridgehead atoms. The lowest BCUT2D eigenvalue weighted by Crippen LogP contribution is -2.41. The third kappa shape index (κ3) is 9.05. The fraction of sp³-hybridized carbons (Fsp3) is 0.262. The van der Waals surface area contributed by atoms with Crippen LogP contribution in [-0.2, 0) is 4.74 Å². The van der Waals surface area contributed by atoms with E-state index in [1.165, 1.54) is 0 Å². The summed E-state index contributed by atoms with van der Waals surface area (Å²) >= 11 is 0. The zero-order valence-corrected chi connectivity index (χ0v) is 31.8. The van der Waals surface area contributed by atoms with E-state index >= 15 is 0 Å². The number of aromatic nitrogens is 4. The van der Waals surface area contributed by atoms with E-state index in [-0.39, 0.29) is 11.8 Å². The summed E-state index contributed by atoms with van der Waals surface area (Å²) in [4.78, 5) is 37.5. The van der Waals surface area contributed by atoms with Crippen LogP contribution in [0.3, 0.4) is 0 Å². The standard InChI is InChI=1S/C42H45N9O5/c1-27(2)36-26-38(51(49-36)30-10-12-31(54-4)13-11-30)47-42(53)46-35-15-16-37(33-8-6-5-7-32(33)35)56-39-17-18-44-41(48-39)45-34-14-9-29(25-28(34)3)40(52)43-19-20-50-21-23-55-24-22-50/h5-18,25-27H,19-24H2,1-4H3,(H,43,52)(H,44,45,48)(H2,46,47,53). The normalized spacial score (nSPS) is 13.0. The van der Waals surface area contributed by atoms with Gasteiger partial charge in [0, 0.05) is 66.5 Å². The van der Waals surface area contributed by atoms with Crippen LogP contribution in [0, 0.1) is 6.92 Å². The number of hydrogen-bond donors (Lipinski definition) is 4. The second-order valence-electron chi connectivity index (χ2n) is 13.6. The second kappa shape index (κ2) is 17.3. The Hall–Kier alpha value is -6.51. The third-order valence-corrected chi connectivity index (χ3v) is 9.41. The molecule has 0 aliphatic carbocycles. The molecule has 3 heterocycles. The Morgan fingerprint density at radius 2 is 1.66 bits per heavy atom. The van der Waals surface area contributed by atoms with Crippen LogP contribution in [0.25, 0.3) is 16.5 Å². The SMILES string of the molecule is COc1ccc(-n2nc(C(C)C)cc2NC(=O)Nc2ccc(Oc3ccnc(Nc4ccc(C(=O)NCCN5CCOCC5)cc4C)n3)c3ccccc23)cc1. The molecule has 2 aromatic heterocycles. The Labute approximate surface area is 325 Å². The van der Waals surface area contributed by atoms with E-state index in [4.69, 9.17) is 19.3 Å². The highest BCUT2D eigenvalue weighted by molar-refractivity contribution is 6.07. The van der Waals surface area contributed by atoms with Crippen molar-refractivity contribution in [3.63, 3.8) is 0 Å². The van der Waals surface area contributed by atoms with Crippen LogP contribution in [0.4, 0.5) is 27.9 Å². The summed E-state index contributed by atoms with van der Waals surface area (Å²) in [6.45, 7) is 10.6. The van der Waals surface area contributed by atoms with Crippen LogP contribution in [-0.4, -0.2) is 83.1 Å². The number of anilines is 4. The molecule has 0 unspecified atom stereocenters. The van der Waals surface area contributed by atoms with E-state index in [2.05, 4.69) is 50.0 Å². The Bertz CT molecular complexity index is 2320. The smallest absolute Gasteiger partial charge is 0.324 e. The predicted octanol–water partition coefficient (Wildman–Crippen LogP) is 7.50.